The summed E-state index contributed by atoms with van der Waals surface area (Å²) < 4.78 is 27.7. The number of halogens is 1. The summed E-state index contributed by atoms with van der Waals surface area (Å²) >= 11 is 3.48. The van der Waals surface area contributed by atoms with Crippen LogP contribution in [0.5, 0.6) is 0 Å². The van der Waals surface area contributed by atoms with Gasteiger partial charge in [0.1, 0.15) is 0 Å². The summed E-state index contributed by atoms with van der Waals surface area (Å²) in [5.41, 5.74) is 1.17. The molecule has 0 aromatic carbocycles. The molecule has 0 aliphatic rings. The van der Waals surface area contributed by atoms with Crippen LogP contribution >= 0.6 is 15.9 Å². The summed E-state index contributed by atoms with van der Waals surface area (Å²) in [7, 11) is 2.61. The first-order valence-corrected chi connectivity index (χ1v) is 10.5. The van der Waals surface area contributed by atoms with Gasteiger partial charge in [0.25, 0.3) is 0 Å². The molecule has 0 atom stereocenters. The second-order valence-electron chi connectivity index (χ2n) is 5.70. The molecule has 1 rings (SSSR count). The Bertz CT molecular complexity index is 657. The summed E-state index contributed by atoms with van der Waals surface area (Å²) in [5.74, 6) is 0.787. The lowest BCUT2D eigenvalue weighted by Crippen LogP contribution is -2.40. The van der Waals surface area contributed by atoms with Crippen molar-refractivity contribution in [3.63, 3.8) is 0 Å². The van der Waals surface area contributed by atoms with Crippen molar-refractivity contribution in [1.82, 2.24) is 19.1 Å². The zero-order valence-corrected chi connectivity index (χ0v) is 17.5. The molecule has 0 spiro atoms. The average molecular weight is 422 g/mol. The molecule has 24 heavy (non-hydrogen) atoms. The number of aliphatic imine (C=N–C) groups is 1. The number of hydrogen-bond donors (Lipinski definition) is 1. The molecule has 1 heterocycles. The van der Waals surface area contributed by atoms with Gasteiger partial charge in [-0.25, -0.2) is 12.7 Å². The number of guanidine groups is 1. The Kier molecular flexibility index (Phi) is 8.24. The molecular weight excluding hydrogens is 394 g/mol. The van der Waals surface area contributed by atoms with Crippen molar-refractivity contribution in [3.05, 3.63) is 22.4 Å². The number of nitrogens with zero attached hydrogens (tertiary/aromatic N) is 4. The minimum Gasteiger partial charge on any atom is -0.356 e. The van der Waals surface area contributed by atoms with Crippen LogP contribution in [0.2, 0.25) is 0 Å². The monoisotopic (exact) mass is 421 g/mol. The zero-order valence-electron chi connectivity index (χ0n) is 15.1. The van der Waals surface area contributed by atoms with E-state index in [1.54, 1.807) is 7.05 Å². The van der Waals surface area contributed by atoms with Crippen LogP contribution in [0.4, 0.5) is 0 Å². The second kappa shape index (κ2) is 9.43. The summed E-state index contributed by atoms with van der Waals surface area (Å²) in [6, 6.07) is 2.08. The Balaban J connectivity index is 2.49. The molecule has 0 saturated carbocycles. The molecule has 1 aromatic rings. The number of nitrogens with one attached hydrogen (secondary N) is 1. The molecule has 0 fully saturated rings. The Labute approximate surface area is 153 Å². The molecule has 9 heteroatoms. The van der Waals surface area contributed by atoms with Crippen LogP contribution < -0.4 is 5.32 Å². The third-order valence-electron chi connectivity index (χ3n) is 3.74. The molecule has 0 radical (unpaired) electrons. The predicted octanol–water partition coefficient (Wildman–Crippen LogP) is 1.47. The van der Waals surface area contributed by atoms with Crippen LogP contribution in [0.3, 0.4) is 0 Å². The first-order valence-electron chi connectivity index (χ1n) is 7.86. The smallest absolute Gasteiger partial charge is 0.211 e. The van der Waals surface area contributed by atoms with Gasteiger partial charge >= 0.3 is 0 Å². The van der Waals surface area contributed by atoms with Crippen molar-refractivity contribution in [2.24, 2.45) is 12.0 Å². The minimum atomic E-state index is -3.12. The maximum absolute atomic E-state index is 11.6. The number of hydrogen-bond acceptors (Lipinski definition) is 3. The van der Waals surface area contributed by atoms with Gasteiger partial charge in [0.15, 0.2) is 5.96 Å². The Morgan fingerprint density at radius 3 is 2.58 bits per heavy atom. The van der Waals surface area contributed by atoms with Gasteiger partial charge in [-0.1, -0.05) is 6.92 Å². The predicted molar refractivity (Wildman–Crippen MR) is 103 cm³/mol. The highest BCUT2D eigenvalue weighted by Crippen LogP contribution is 2.14. The number of rotatable bonds is 8. The van der Waals surface area contributed by atoms with Crippen molar-refractivity contribution < 1.29 is 8.42 Å². The molecule has 1 N–H and O–H groups in total. The fraction of sp³-hybridized carbons (Fsp3) is 0.667. The van der Waals surface area contributed by atoms with E-state index >= 15 is 0 Å². The van der Waals surface area contributed by atoms with E-state index < -0.39 is 10.0 Å². The number of sulfonamides is 1. The maximum atomic E-state index is 11.6. The maximum Gasteiger partial charge on any atom is 0.211 e. The van der Waals surface area contributed by atoms with Crippen LogP contribution in [0.1, 0.15) is 19.0 Å². The molecule has 0 saturated heterocycles. The minimum absolute atomic E-state index is 0.496. The van der Waals surface area contributed by atoms with Crippen molar-refractivity contribution in [2.45, 2.75) is 19.9 Å². The van der Waals surface area contributed by atoms with Crippen molar-refractivity contribution in [3.8, 4) is 0 Å². The van der Waals surface area contributed by atoms with Gasteiger partial charge in [0.2, 0.25) is 10.0 Å². The van der Waals surface area contributed by atoms with E-state index in [4.69, 9.17) is 0 Å². The Morgan fingerprint density at radius 2 is 2.12 bits per heavy atom. The number of aromatic nitrogens is 1. The second-order valence-corrected chi connectivity index (χ2v) is 8.60. The Morgan fingerprint density at radius 1 is 1.46 bits per heavy atom. The van der Waals surface area contributed by atoms with Gasteiger partial charge in [-0.2, -0.15) is 0 Å². The van der Waals surface area contributed by atoms with E-state index in [1.807, 2.05) is 32.1 Å². The average Bonchev–Trinajstić information content (AvgIpc) is 2.79. The number of aryl methyl sites for hydroxylation is 1. The summed E-state index contributed by atoms with van der Waals surface area (Å²) in [5, 5.41) is 3.28. The van der Waals surface area contributed by atoms with Gasteiger partial charge < -0.3 is 14.8 Å². The largest absolute Gasteiger partial charge is 0.356 e. The van der Waals surface area contributed by atoms with Crippen molar-refractivity contribution in [1.29, 1.82) is 0 Å². The molecule has 7 nitrogen and oxygen atoms in total. The summed E-state index contributed by atoms with van der Waals surface area (Å²) in [4.78, 5) is 6.32. The van der Waals surface area contributed by atoms with E-state index in [1.165, 1.54) is 16.3 Å². The third kappa shape index (κ3) is 6.45. The van der Waals surface area contributed by atoms with Crippen LogP contribution in [0.25, 0.3) is 0 Å². The fourth-order valence-corrected chi connectivity index (χ4v) is 3.94. The quantitative estimate of drug-likeness (QED) is 0.391. The molecule has 0 unspecified atom stereocenters. The molecule has 0 bridgehead atoms. The SMILES string of the molecule is CCN(CCCNC(=NC)N(C)Cc1cc(Br)cn1C)S(C)(=O)=O. The van der Waals surface area contributed by atoms with Crippen LogP contribution in [0.15, 0.2) is 21.7 Å². The molecule has 0 aliphatic carbocycles. The van der Waals surface area contributed by atoms with E-state index in [2.05, 4.69) is 36.9 Å². The Hall–Kier alpha value is -1.06. The van der Waals surface area contributed by atoms with Crippen molar-refractivity contribution in [2.75, 3.05) is 40.0 Å². The van der Waals surface area contributed by atoms with Crippen LogP contribution in [-0.4, -0.2) is 68.1 Å². The molecule has 0 amide bonds. The van der Waals surface area contributed by atoms with Gasteiger partial charge in [0.05, 0.1) is 12.8 Å². The van der Waals surface area contributed by atoms with Gasteiger partial charge in [-0.05, 0) is 28.4 Å². The van der Waals surface area contributed by atoms with Gasteiger partial charge in [-0.15, -0.1) is 0 Å². The van der Waals surface area contributed by atoms with E-state index in [0.717, 1.165) is 23.4 Å². The van der Waals surface area contributed by atoms with Gasteiger partial charge in [-0.3, -0.25) is 4.99 Å². The first kappa shape index (κ1) is 21.0. The highest BCUT2D eigenvalue weighted by atomic mass is 79.9. The topological polar surface area (TPSA) is 69.9 Å². The van der Waals surface area contributed by atoms with Crippen molar-refractivity contribution >= 4 is 31.9 Å². The van der Waals surface area contributed by atoms with Gasteiger partial charge in [0, 0.05) is 57.1 Å². The molecule has 138 valence electrons. The molecule has 1 aromatic heterocycles. The zero-order chi connectivity index (χ0) is 18.3. The van der Waals surface area contributed by atoms with E-state index in [0.29, 0.717) is 19.6 Å². The van der Waals surface area contributed by atoms with Crippen LogP contribution in [-0.2, 0) is 23.6 Å². The lowest BCUT2D eigenvalue weighted by molar-refractivity contribution is 0.418. The molecular formula is C15H28BrN5O2S. The molecule has 0 aliphatic heterocycles. The van der Waals surface area contributed by atoms with Crippen LogP contribution in [0, 0.1) is 0 Å². The third-order valence-corrected chi connectivity index (χ3v) is 5.55. The lowest BCUT2D eigenvalue weighted by atomic mass is 10.4. The summed E-state index contributed by atoms with van der Waals surface area (Å²) in [6.45, 7) is 4.24. The van der Waals surface area contributed by atoms with E-state index in [-0.39, 0.29) is 0 Å². The first-order chi connectivity index (χ1) is 11.2. The highest BCUT2D eigenvalue weighted by Gasteiger charge is 2.14. The van der Waals surface area contributed by atoms with E-state index in [9.17, 15) is 8.42 Å². The fourth-order valence-electron chi connectivity index (χ4n) is 2.44. The normalized spacial score (nSPS) is 12.7. The lowest BCUT2D eigenvalue weighted by Gasteiger charge is -2.23. The standard InChI is InChI=1S/C15H28BrN5O2S/c1-6-21(24(5,22)23)9-7-8-18-15(17-2)20(4)12-14-10-13(16)11-19(14)3/h10-11H,6-9,12H2,1-5H3,(H,17,18). The highest BCUT2D eigenvalue weighted by molar-refractivity contribution is 9.10. The summed E-state index contributed by atoms with van der Waals surface area (Å²) in [6.07, 6.45) is 3.99.